The third-order valence-electron chi connectivity index (χ3n) is 3.62. The highest BCUT2D eigenvalue weighted by Crippen LogP contribution is 2.26. The van der Waals surface area contributed by atoms with E-state index in [1.165, 1.54) is 0 Å². The Morgan fingerprint density at radius 3 is 2.87 bits per heavy atom. The third kappa shape index (κ3) is 2.49. The molecule has 0 radical (unpaired) electrons. The van der Waals surface area contributed by atoms with Crippen LogP contribution >= 0.6 is 0 Å². The first kappa shape index (κ1) is 10.9. The lowest BCUT2D eigenvalue weighted by molar-refractivity contribution is -0.145. The molecule has 2 saturated heterocycles. The van der Waals surface area contributed by atoms with Gasteiger partial charge >= 0.3 is 5.97 Å². The molecule has 15 heavy (non-hydrogen) atoms. The number of carboxylic acid groups (broad SMARTS) is 1. The Hall–Kier alpha value is -0.610. The van der Waals surface area contributed by atoms with Crippen molar-refractivity contribution in [2.45, 2.75) is 13.3 Å². The van der Waals surface area contributed by atoms with Crippen molar-refractivity contribution in [3.63, 3.8) is 0 Å². The summed E-state index contributed by atoms with van der Waals surface area (Å²) in [7, 11) is 0. The topological polar surface area (TPSA) is 49.8 Å². The maximum atomic E-state index is 10.7. The van der Waals surface area contributed by atoms with Crippen LogP contribution in [0.1, 0.15) is 13.3 Å². The fraction of sp³-hybridized carbons (Fsp3) is 0.909. The van der Waals surface area contributed by atoms with Gasteiger partial charge in [-0.3, -0.25) is 4.79 Å². The van der Waals surface area contributed by atoms with Gasteiger partial charge in [-0.1, -0.05) is 6.92 Å². The van der Waals surface area contributed by atoms with E-state index in [9.17, 15) is 4.79 Å². The van der Waals surface area contributed by atoms with Crippen LogP contribution in [0.25, 0.3) is 0 Å². The van der Waals surface area contributed by atoms with Crippen LogP contribution in [0.3, 0.4) is 0 Å². The number of carbonyl (C=O) groups is 1. The maximum Gasteiger partial charge on any atom is 0.306 e. The van der Waals surface area contributed by atoms with Crippen molar-refractivity contribution < 1.29 is 14.6 Å². The summed E-state index contributed by atoms with van der Waals surface area (Å²) in [6.07, 6.45) is 1.16. The highest BCUT2D eigenvalue weighted by molar-refractivity contribution is 5.70. The Morgan fingerprint density at radius 1 is 1.60 bits per heavy atom. The van der Waals surface area contributed by atoms with Crippen LogP contribution in [0, 0.1) is 17.8 Å². The Labute approximate surface area is 90.2 Å². The fourth-order valence-electron chi connectivity index (χ4n) is 2.37. The second-order valence-electron chi connectivity index (χ2n) is 4.84. The summed E-state index contributed by atoms with van der Waals surface area (Å²) in [6.45, 7) is 6.57. The molecule has 0 aromatic rings. The zero-order valence-electron chi connectivity index (χ0n) is 9.19. The minimum atomic E-state index is -0.663. The number of aliphatic carboxylic acids is 1. The Morgan fingerprint density at radius 2 is 2.33 bits per heavy atom. The first-order valence-electron chi connectivity index (χ1n) is 5.69. The van der Waals surface area contributed by atoms with E-state index < -0.39 is 5.97 Å². The second kappa shape index (κ2) is 4.49. The lowest BCUT2D eigenvalue weighted by Gasteiger charge is -2.42. The summed E-state index contributed by atoms with van der Waals surface area (Å²) in [4.78, 5) is 13.1. The average Bonchev–Trinajstić information content (AvgIpc) is 2.61. The van der Waals surface area contributed by atoms with Crippen molar-refractivity contribution in [2.75, 3.05) is 32.8 Å². The molecule has 2 aliphatic heterocycles. The molecule has 2 unspecified atom stereocenters. The third-order valence-corrected chi connectivity index (χ3v) is 3.62. The van der Waals surface area contributed by atoms with Crippen LogP contribution in [0.4, 0.5) is 0 Å². The summed E-state index contributed by atoms with van der Waals surface area (Å²) >= 11 is 0. The molecular formula is C11H19NO3. The zero-order valence-corrected chi connectivity index (χ0v) is 9.19. The van der Waals surface area contributed by atoms with Gasteiger partial charge in [-0.25, -0.2) is 0 Å². The van der Waals surface area contributed by atoms with E-state index in [2.05, 4.69) is 4.90 Å². The molecule has 0 aliphatic carbocycles. The van der Waals surface area contributed by atoms with Gasteiger partial charge in [0.15, 0.2) is 0 Å². The molecule has 0 saturated carbocycles. The lowest BCUT2D eigenvalue weighted by Crippen LogP contribution is -2.52. The van der Waals surface area contributed by atoms with Crippen molar-refractivity contribution in [1.82, 2.24) is 4.90 Å². The van der Waals surface area contributed by atoms with Crippen molar-refractivity contribution in [3.8, 4) is 0 Å². The fourth-order valence-corrected chi connectivity index (χ4v) is 2.37. The van der Waals surface area contributed by atoms with Crippen molar-refractivity contribution in [2.24, 2.45) is 17.8 Å². The first-order chi connectivity index (χ1) is 7.16. The molecule has 2 fully saturated rings. The van der Waals surface area contributed by atoms with E-state index in [1.807, 2.05) is 6.92 Å². The van der Waals surface area contributed by atoms with Gasteiger partial charge in [0.2, 0.25) is 0 Å². The normalized spacial score (nSPS) is 30.1. The Kier molecular flexibility index (Phi) is 3.26. The lowest BCUT2D eigenvalue weighted by atomic mass is 9.86. The first-order valence-corrected chi connectivity index (χ1v) is 5.69. The number of hydrogen-bond donors (Lipinski definition) is 1. The molecule has 2 heterocycles. The number of rotatable bonds is 4. The molecule has 86 valence electrons. The summed E-state index contributed by atoms with van der Waals surface area (Å²) in [5, 5.41) is 8.85. The minimum absolute atomic E-state index is 0.193. The van der Waals surface area contributed by atoms with Crippen LogP contribution in [-0.2, 0) is 9.53 Å². The van der Waals surface area contributed by atoms with Gasteiger partial charge in [0.1, 0.15) is 0 Å². The van der Waals surface area contributed by atoms with Crippen LogP contribution in [0.2, 0.25) is 0 Å². The second-order valence-corrected chi connectivity index (χ2v) is 4.84. The van der Waals surface area contributed by atoms with Crippen molar-refractivity contribution in [1.29, 1.82) is 0 Å². The molecule has 0 amide bonds. The standard InChI is InChI=1S/C11H19NO3/c1-8(11(13)14)10-5-12(6-10)4-9-2-3-15-7-9/h8-10H,2-7H2,1H3,(H,13,14). The minimum Gasteiger partial charge on any atom is -0.481 e. The smallest absolute Gasteiger partial charge is 0.306 e. The van der Waals surface area contributed by atoms with Crippen LogP contribution in [-0.4, -0.2) is 48.8 Å². The quantitative estimate of drug-likeness (QED) is 0.746. The van der Waals surface area contributed by atoms with Crippen molar-refractivity contribution >= 4 is 5.97 Å². The summed E-state index contributed by atoms with van der Waals surface area (Å²) in [5.41, 5.74) is 0. The van der Waals surface area contributed by atoms with E-state index in [0.29, 0.717) is 11.8 Å². The molecule has 4 nitrogen and oxygen atoms in total. The van der Waals surface area contributed by atoms with E-state index >= 15 is 0 Å². The summed E-state index contributed by atoms with van der Waals surface area (Å²) < 4.78 is 5.32. The monoisotopic (exact) mass is 213 g/mol. The highest BCUT2D eigenvalue weighted by Gasteiger charge is 2.35. The van der Waals surface area contributed by atoms with Gasteiger partial charge in [0.25, 0.3) is 0 Å². The molecule has 1 N–H and O–H groups in total. The molecular weight excluding hydrogens is 194 g/mol. The average molecular weight is 213 g/mol. The predicted molar refractivity (Wildman–Crippen MR) is 55.7 cm³/mol. The number of likely N-dealkylation sites (tertiary alicyclic amines) is 1. The maximum absolute atomic E-state index is 10.7. The van der Waals surface area contributed by atoms with E-state index in [1.54, 1.807) is 0 Å². The number of hydrogen-bond acceptors (Lipinski definition) is 3. The molecule has 4 heteroatoms. The molecule has 2 rings (SSSR count). The SMILES string of the molecule is CC(C(=O)O)C1CN(CC2CCOC2)C1. The van der Waals surface area contributed by atoms with Gasteiger partial charge in [-0.15, -0.1) is 0 Å². The van der Waals surface area contributed by atoms with Gasteiger partial charge in [0, 0.05) is 26.2 Å². The number of carboxylic acids is 1. The Balaban J connectivity index is 1.67. The highest BCUT2D eigenvalue weighted by atomic mass is 16.5. The van der Waals surface area contributed by atoms with E-state index in [4.69, 9.17) is 9.84 Å². The molecule has 0 aromatic heterocycles. The molecule has 2 atom stereocenters. The molecule has 0 spiro atoms. The Bertz CT molecular complexity index is 232. The van der Waals surface area contributed by atoms with Crippen LogP contribution in [0.5, 0.6) is 0 Å². The number of nitrogens with zero attached hydrogens (tertiary/aromatic N) is 1. The van der Waals surface area contributed by atoms with Gasteiger partial charge < -0.3 is 14.7 Å². The number of ether oxygens (including phenoxy) is 1. The molecule has 2 aliphatic rings. The molecule has 0 bridgehead atoms. The van der Waals surface area contributed by atoms with Gasteiger partial charge in [-0.2, -0.15) is 0 Å². The van der Waals surface area contributed by atoms with Crippen LogP contribution < -0.4 is 0 Å². The van der Waals surface area contributed by atoms with E-state index in [-0.39, 0.29) is 5.92 Å². The summed E-state index contributed by atoms with van der Waals surface area (Å²) in [6, 6.07) is 0. The van der Waals surface area contributed by atoms with Gasteiger partial charge in [0.05, 0.1) is 12.5 Å². The van der Waals surface area contributed by atoms with Crippen molar-refractivity contribution in [3.05, 3.63) is 0 Å². The molecule has 0 aromatic carbocycles. The largest absolute Gasteiger partial charge is 0.481 e. The van der Waals surface area contributed by atoms with Gasteiger partial charge in [-0.05, 0) is 18.3 Å². The van der Waals surface area contributed by atoms with Crippen LogP contribution in [0.15, 0.2) is 0 Å². The van der Waals surface area contributed by atoms with E-state index in [0.717, 1.165) is 39.3 Å². The zero-order chi connectivity index (χ0) is 10.8. The summed E-state index contributed by atoms with van der Waals surface area (Å²) in [5.74, 6) is 0.167. The predicted octanol–water partition coefficient (Wildman–Crippen LogP) is 0.675.